The van der Waals surface area contributed by atoms with Gasteiger partial charge in [-0.05, 0) is 36.8 Å². The van der Waals surface area contributed by atoms with E-state index in [0.717, 1.165) is 31.9 Å². The molecule has 0 amide bonds. The maximum absolute atomic E-state index is 9.16. The summed E-state index contributed by atoms with van der Waals surface area (Å²) in [5, 5.41) is 9.16. The summed E-state index contributed by atoms with van der Waals surface area (Å²) in [5.41, 5.74) is 4.03. The molecule has 21 heavy (non-hydrogen) atoms. The number of anilines is 2. The molecule has 106 valence electrons. The quantitative estimate of drug-likeness (QED) is 0.847. The summed E-state index contributed by atoms with van der Waals surface area (Å²) < 4.78 is 0. The minimum atomic E-state index is 0.515. The van der Waals surface area contributed by atoms with Gasteiger partial charge in [-0.3, -0.25) is 0 Å². The number of piperazine rings is 1. The van der Waals surface area contributed by atoms with Crippen molar-refractivity contribution in [1.29, 1.82) is 5.26 Å². The number of benzene rings is 1. The van der Waals surface area contributed by atoms with Crippen molar-refractivity contribution in [2.24, 2.45) is 0 Å². The van der Waals surface area contributed by atoms with E-state index >= 15 is 0 Å². The maximum atomic E-state index is 9.16. The monoisotopic (exact) mass is 278 g/mol. The van der Waals surface area contributed by atoms with E-state index in [1.165, 1.54) is 11.3 Å². The van der Waals surface area contributed by atoms with Crippen molar-refractivity contribution in [1.82, 2.24) is 4.98 Å². The van der Waals surface area contributed by atoms with E-state index in [1.54, 1.807) is 6.20 Å². The van der Waals surface area contributed by atoms with Crippen LogP contribution in [0.2, 0.25) is 0 Å². The first kappa shape index (κ1) is 13.4. The Morgan fingerprint density at radius 2 is 1.81 bits per heavy atom. The molecule has 3 rings (SSSR count). The molecule has 0 saturated carbocycles. The van der Waals surface area contributed by atoms with Crippen molar-refractivity contribution >= 4 is 11.4 Å². The molecule has 1 aromatic heterocycles. The van der Waals surface area contributed by atoms with Crippen molar-refractivity contribution < 1.29 is 0 Å². The van der Waals surface area contributed by atoms with Crippen LogP contribution in [0.25, 0.3) is 0 Å². The average Bonchev–Trinajstić information content (AvgIpc) is 2.55. The smallest absolute Gasteiger partial charge is 0.163 e. The van der Waals surface area contributed by atoms with Crippen LogP contribution in [0.3, 0.4) is 0 Å². The number of nitriles is 1. The van der Waals surface area contributed by atoms with Gasteiger partial charge in [0.15, 0.2) is 5.69 Å². The largest absolute Gasteiger partial charge is 0.368 e. The van der Waals surface area contributed by atoms with Gasteiger partial charge in [-0.2, -0.15) is 5.26 Å². The minimum Gasteiger partial charge on any atom is -0.368 e. The average molecular weight is 278 g/mol. The first-order valence-corrected chi connectivity index (χ1v) is 7.19. The Labute approximate surface area is 125 Å². The predicted octanol–water partition coefficient (Wildman–Crippen LogP) is 2.59. The Kier molecular flexibility index (Phi) is 3.74. The Morgan fingerprint density at radius 3 is 2.52 bits per heavy atom. The molecule has 1 saturated heterocycles. The molecule has 4 heteroatoms. The Balaban J connectivity index is 1.72. The topological polar surface area (TPSA) is 43.2 Å². The highest BCUT2D eigenvalue weighted by Crippen LogP contribution is 2.22. The second kappa shape index (κ2) is 5.84. The number of hydrogen-bond acceptors (Lipinski definition) is 4. The second-order valence-electron chi connectivity index (χ2n) is 5.30. The molecule has 0 atom stereocenters. The van der Waals surface area contributed by atoms with E-state index in [4.69, 9.17) is 5.26 Å². The summed E-state index contributed by atoms with van der Waals surface area (Å²) in [4.78, 5) is 8.79. The zero-order valence-corrected chi connectivity index (χ0v) is 12.2. The molecule has 1 aliphatic rings. The number of aromatic nitrogens is 1. The number of hydrogen-bond donors (Lipinski definition) is 0. The van der Waals surface area contributed by atoms with Crippen LogP contribution in [0.4, 0.5) is 11.4 Å². The van der Waals surface area contributed by atoms with Crippen molar-refractivity contribution in [3.63, 3.8) is 0 Å². The van der Waals surface area contributed by atoms with Crippen LogP contribution in [0.5, 0.6) is 0 Å². The fourth-order valence-corrected chi connectivity index (χ4v) is 2.77. The molecule has 2 aromatic rings. The van der Waals surface area contributed by atoms with Gasteiger partial charge in [0, 0.05) is 38.1 Å². The van der Waals surface area contributed by atoms with E-state index in [-0.39, 0.29) is 0 Å². The molecule has 2 heterocycles. The molecular weight excluding hydrogens is 260 g/mol. The molecular formula is C17H18N4. The summed E-state index contributed by atoms with van der Waals surface area (Å²) in [5.74, 6) is 0. The van der Waals surface area contributed by atoms with Gasteiger partial charge in [0.1, 0.15) is 6.07 Å². The Morgan fingerprint density at radius 1 is 1.05 bits per heavy atom. The normalized spacial score (nSPS) is 14.9. The summed E-state index contributed by atoms with van der Waals surface area (Å²) >= 11 is 0. The number of aryl methyl sites for hydroxylation is 1. The molecule has 4 nitrogen and oxygen atoms in total. The van der Waals surface area contributed by atoms with Gasteiger partial charge < -0.3 is 9.80 Å². The van der Waals surface area contributed by atoms with Crippen LogP contribution in [-0.4, -0.2) is 31.2 Å². The zero-order valence-electron chi connectivity index (χ0n) is 12.2. The third-order valence-corrected chi connectivity index (χ3v) is 3.88. The highest BCUT2D eigenvalue weighted by molar-refractivity contribution is 5.57. The van der Waals surface area contributed by atoms with Crippen LogP contribution >= 0.6 is 0 Å². The van der Waals surface area contributed by atoms with Gasteiger partial charge >= 0.3 is 0 Å². The van der Waals surface area contributed by atoms with E-state index in [0.29, 0.717) is 5.69 Å². The fourth-order valence-electron chi connectivity index (χ4n) is 2.77. The summed E-state index contributed by atoms with van der Waals surface area (Å²) in [6.45, 7) is 5.86. The lowest BCUT2D eigenvalue weighted by molar-refractivity contribution is 0.652. The van der Waals surface area contributed by atoms with E-state index in [1.807, 2.05) is 12.1 Å². The third-order valence-electron chi connectivity index (χ3n) is 3.88. The van der Waals surface area contributed by atoms with Gasteiger partial charge in [0.05, 0.1) is 5.69 Å². The first-order chi connectivity index (χ1) is 10.3. The highest BCUT2D eigenvalue weighted by atomic mass is 15.3. The van der Waals surface area contributed by atoms with E-state index < -0.39 is 0 Å². The van der Waals surface area contributed by atoms with Crippen molar-refractivity contribution in [2.45, 2.75) is 6.92 Å². The van der Waals surface area contributed by atoms with Gasteiger partial charge in [0.25, 0.3) is 0 Å². The Bertz CT molecular complexity index is 666. The van der Waals surface area contributed by atoms with Gasteiger partial charge in [0.2, 0.25) is 0 Å². The van der Waals surface area contributed by atoms with Crippen molar-refractivity contribution in [2.75, 3.05) is 36.0 Å². The van der Waals surface area contributed by atoms with Gasteiger partial charge in [-0.25, -0.2) is 4.98 Å². The van der Waals surface area contributed by atoms with Crippen molar-refractivity contribution in [3.05, 3.63) is 53.9 Å². The number of nitrogens with zero attached hydrogens (tertiary/aromatic N) is 4. The number of rotatable bonds is 2. The van der Waals surface area contributed by atoms with Gasteiger partial charge in [-0.1, -0.05) is 12.1 Å². The lowest BCUT2D eigenvalue weighted by atomic mass is 10.2. The second-order valence-corrected chi connectivity index (χ2v) is 5.30. The fraction of sp³-hybridized carbons (Fsp3) is 0.294. The molecule has 1 aliphatic heterocycles. The molecule has 1 fully saturated rings. The Hall–Kier alpha value is -2.54. The van der Waals surface area contributed by atoms with E-state index in [2.05, 4.69) is 52.0 Å². The molecule has 0 radical (unpaired) electrons. The molecule has 0 unspecified atom stereocenters. The summed E-state index contributed by atoms with van der Waals surface area (Å²) in [6.07, 6.45) is 1.67. The van der Waals surface area contributed by atoms with Crippen LogP contribution < -0.4 is 9.80 Å². The molecule has 1 aromatic carbocycles. The predicted molar refractivity (Wildman–Crippen MR) is 84.6 cm³/mol. The van der Waals surface area contributed by atoms with Crippen LogP contribution in [0.1, 0.15) is 11.3 Å². The molecule has 0 aliphatic carbocycles. The lowest BCUT2D eigenvalue weighted by Crippen LogP contribution is -2.46. The van der Waals surface area contributed by atoms with Gasteiger partial charge in [-0.15, -0.1) is 0 Å². The van der Waals surface area contributed by atoms with Crippen LogP contribution in [0, 0.1) is 18.3 Å². The molecule has 0 spiro atoms. The standard InChI is InChI=1S/C17H18N4/c1-14-4-2-5-15(12-14)20-8-10-21(11-9-20)17-6-3-7-19-16(17)13-18/h2-7,12H,8-11H2,1H3. The van der Waals surface area contributed by atoms with Crippen LogP contribution in [-0.2, 0) is 0 Å². The summed E-state index contributed by atoms with van der Waals surface area (Å²) in [7, 11) is 0. The SMILES string of the molecule is Cc1cccc(N2CCN(c3cccnc3C#N)CC2)c1. The minimum absolute atomic E-state index is 0.515. The van der Waals surface area contributed by atoms with Crippen molar-refractivity contribution in [3.8, 4) is 6.07 Å². The summed E-state index contributed by atoms with van der Waals surface area (Å²) in [6, 6.07) is 14.7. The molecule has 0 bridgehead atoms. The molecule has 0 N–H and O–H groups in total. The number of pyridine rings is 1. The lowest BCUT2D eigenvalue weighted by Gasteiger charge is -2.37. The zero-order chi connectivity index (χ0) is 14.7. The maximum Gasteiger partial charge on any atom is 0.163 e. The first-order valence-electron chi connectivity index (χ1n) is 7.19. The third kappa shape index (κ3) is 2.82. The van der Waals surface area contributed by atoms with E-state index in [9.17, 15) is 0 Å². The van der Waals surface area contributed by atoms with Crippen LogP contribution in [0.15, 0.2) is 42.6 Å². The highest BCUT2D eigenvalue weighted by Gasteiger charge is 2.19.